The van der Waals surface area contributed by atoms with Gasteiger partial charge >= 0.3 is 5.97 Å². The monoisotopic (exact) mass is 724 g/mol. The van der Waals surface area contributed by atoms with Gasteiger partial charge in [-0.2, -0.15) is 0 Å². The first kappa shape index (κ1) is 37.5. The number of aryl methyl sites for hydroxylation is 1. The highest BCUT2D eigenvalue weighted by Gasteiger charge is 2.21. The molecule has 0 radical (unpaired) electrons. The molecule has 0 spiro atoms. The normalized spacial score (nSPS) is 13.6. The molecular weight excluding hydrogens is 681 g/mol. The number of nitrogens with one attached hydrogen (secondary N) is 1. The molecular formula is C43H44N6O5. The zero-order valence-corrected chi connectivity index (χ0v) is 30.9. The minimum absolute atomic E-state index is 0.00167. The van der Waals surface area contributed by atoms with Crippen LogP contribution in [0.4, 0.5) is 11.4 Å². The van der Waals surface area contributed by atoms with Crippen molar-refractivity contribution >= 4 is 39.9 Å². The van der Waals surface area contributed by atoms with E-state index in [1.807, 2.05) is 104 Å². The lowest BCUT2D eigenvalue weighted by atomic mass is 10.00. The third-order valence-electron chi connectivity index (χ3n) is 9.38. The second kappa shape index (κ2) is 17.0. The average molecular weight is 725 g/mol. The number of likely N-dealkylation sites (N-methyl/N-ethyl adjacent to an activating group) is 2. The summed E-state index contributed by atoms with van der Waals surface area (Å²) in [7, 11) is 5.22. The second-order valence-corrected chi connectivity index (χ2v) is 13.2. The van der Waals surface area contributed by atoms with Crippen LogP contribution in [0.3, 0.4) is 0 Å². The fraction of sp³-hybridized carbons (Fsp3) is 0.209. The largest absolute Gasteiger partial charge is 0.494 e. The van der Waals surface area contributed by atoms with Crippen LogP contribution in [0.25, 0.3) is 16.6 Å². The lowest BCUT2D eigenvalue weighted by Gasteiger charge is -2.32. The quantitative estimate of drug-likeness (QED) is 0.142. The van der Waals surface area contributed by atoms with Gasteiger partial charge in [0.25, 0.3) is 5.56 Å². The molecule has 0 unspecified atom stereocenters. The Bertz CT molecular complexity index is 2310. The molecule has 11 heteroatoms. The molecule has 7 rings (SSSR count). The molecule has 2 aromatic heterocycles. The first-order chi connectivity index (χ1) is 26.1. The number of aromatic nitrogens is 2. The summed E-state index contributed by atoms with van der Waals surface area (Å²) in [6.45, 7) is 6.06. The number of carbonyl (C=O) groups is 2. The van der Waals surface area contributed by atoms with E-state index < -0.39 is 5.97 Å². The molecule has 1 fully saturated rings. The number of H-pyrrole nitrogens is 1. The van der Waals surface area contributed by atoms with Crippen LogP contribution in [0, 0.1) is 6.92 Å². The molecule has 4 aromatic carbocycles. The van der Waals surface area contributed by atoms with Crippen molar-refractivity contribution in [3.63, 3.8) is 0 Å². The van der Waals surface area contributed by atoms with Crippen LogP contribution in [0.5, 0.6) is 5.88 Å². The van der Waals surface area contributed by atoms with Gasteiger partial charge in [-0.05, 0) is 68.1 Å². The maximum absolute atomic E-state index is 12.9. The number of esters is 1. The molecule has 2 N–H and O–H groups in total. The number of para-hydroxylation sites is 1. The molecule has 1 aliphatic heterocycles. The lowest BCUT2D eigenvalue weighted by molar-refractivity contribution is -0.119. The van der Waals surface area contributed by atoms with E-state index in [1.165, 1.54) is 7.11 Å². The third-order valence-corrected chi connectivity index (χ3v) is 9.38. The Kier molecular flexibility index (Phi) is 11.8. The van der Waals surface area contributed by atoms with Gasteiger partial charge < -0.3 is 24.6 Å². The van der Waals surface area contributed by atoms with Crippen molar-refractivity contribution in [3.8, 4) is 11.6 Å². The van der Waals surface area contributed by atoms with Gasteiger partial charge in [0.2, 0.25) is 5.91 Å². The van der Waals surface area contributed by atoms with E-state index in [0.717, 1.165) is 54.1 Å². The van der Waals surface area contributed by atoms with Gasteiger partial charge in [-0.25, -0.2) is 9.79 Å². The van der Waals surface area contributed by atoms with E-state index in [2.05, 4.69) is 21.8 Å². The number of carbonyl (C=O) groups excluding carboxylic acids is 2. The third kappa shape index (κ3) is 8.83. The molecule has 0 atom stereocenters. The Morgan fingerprint density at radius 3 is 2.19 bits per heavy atom. The van der Waals surface area contributed by atoms with E-state index in [4.69, 9.17) is 9.73 Å². The molecule has 1 saturated heterocycles. The van der Waals surface area contributed by atoms with Gasteiger partial charge in [-0.1, -0.05) is 60.7 Å². The number of methoxy groups -OCH3 is 1. The number of benzene rings is 4. The summed E-state index contributed by atoms with van der Waals surface area (Å²) in [5, 5.41) is 11.7. The Hall–Kier alpha value is -6.30. The second-order valence-electron chi connectivity index (χ2n) is 13.2. The number of aromatic amines is 1. The number of anilines is 1. The van der Waals surface area contributed by atoms with Crippen LogP contribution in [-0.4, -0.2) is 96.0 Å². The van der Waals surface area contributed by atoms with Crippen molar-refractivity contribution in [3.05, 3.63) is 154 Å². The Balaban J connectivity index is 0.000000297. The smallest absolute Gasteiger partial charge is 0.337 e. The minimum Gasteiger partial charge on any atom is -0.494 e. The van der Waals surface area contributed by atoms with Crippen molar-refractivity contribution in [1.29, 1.82) is 0 Å². The first-order valence-corrected chi connectivity index (χ1v) is 17.7. The number of pyridine rings is 1. The summed E-state index contributed by atoms with van der Waals surface area (Å²) in [6, 6.07) is 35.2. The Labute approximate surface area is 314 Å². The van der Waals surface area contributed by atoms with Crippen molar-refractivity contribution in [1.82, 2.24) is 19.4 Å². The number of ether oxygens (including phenoxy) is 1. The van der Waals surface area contributed by atoms with Gasteiger partial charge in [-0.15, -0.1) is 0 Å². The van der Waals surface area contributed by atoms with E-state index in [-0.39, 0.29) is 17.3 Å². The number of piperazine rings is 1. The highest BCUT2D eigenvalue weighted by molar-refractivity contribution is 6.22. The van der Waals surface area contributed by atoms with Gasteiger partial charge in [0.15, 0.2) is 5.88 Å². The number of hydrogen-bond donors (Lipinski definition) is 2. The molecule has 3 heterocycles. The van der Waals surface area contributed by atoms with Crippen molar-refractivity contribution < 1.29 is 19.4 Å². The van der Waals surface area contributed by atoms with Crippen molar-refractivity contribution in [2.24, 2.45) is 4.99 Å². The number of aromatic hydroxyl groups is 1. The van der Waals surface area contributed by atoms with Crippen LogP contribution in [0.15, 0.2) is 131 Å². The molecule has 6 aromatic rings. The van der Waals surface area contributed by atoms with Crippen LogP contribution in [0.1, 0.15) is 27.0 Å². The summed E-state index contributed by atoms with van der Waals surface area (Å²) >= 11 is 0. The number of rotatable bonds is 8. The molecule has 11 nitrogen and oxygen atoms in total. The van der Waals surface area contributed by atoms with E-state index >= 15 is 0 Å². The van der Waals surface area contributed by atoms with Crippen molar-refractivity contribution in [2.75, 3.05) is 58.8 Å². The topological polar surface area (TPSA) is 123 Å². The molecule has 1 aliphatic rings. The first-order valence-electron chi connectivity index (χ1n) is 17.7. The summed E-state index contributed by atoms with van der Waals surface area (Å²) in [6.07, 6.45) is 1.84. The molecule has 276 valence electrons. The van der Waals surface area contributed by atoms with Gasteiger partial charge in [0.1, 0.15) is 0 Å². The van der Waals surface area contributed by atoms with Gasteiger partial charge in [0, 0.05) is 73.3 Å². The highest BCUT2D eigenvalue weighted by Crippen LogP contribution is 2.32. The maximum Gasteiger partial charge on any atom is 0.337 e. The summed E-state index contributed by atoms with van der Waals surface area (Å²) in [5.41, 5.74) is 6.32. The maximum atomic E-state index is 12.9. The van der Waals surface area contributed by atoms with Crippen LogP contribution >= 0.6 is 0 Å². The summed E-state index contributed by atoms with van der Waals surface area (Å²) < 4.78 is 6.48. The molecule has 0 bridgehead atoms. The lowest BCUT2D eigenvalue weighted by Crippen LogP contribution is -2.48. The molecule has 0 aliphatic carbocycles. The van der Waals surface area contributed by atoms with E-state index in [0.29, 0.717) is 34.6 Å². The fourth-order valence-electron chi connectivity index (χ4n) is 6.24. The van der Waals surface area contributed by atoms with Gasteiger partial charge in [0.05, 0.1) is 36.2 Å². The van der Waals surface area contributed by atoms with Crippen LogP contribution in [0.2, 0.25) is 0 Å². The van der Waals surface area contributed by atoms with E-state index in [1.54, 1.807) is 40.8 Å². The zero-order chi connectivity index (χ0) is 38.2. The Morgan fingerprint density at radius 2 is 1.52 bits per heavy atom. The van der Waals surface area contributed by atoms with Crippen LogP contribution in [-0.2, 0) is 9.53 Å². The molecule has 54 heavy (non-hydrogen) atoms. The number of hydrogen-bond acceptors (Lipinski definition) is 8. The summed E-state index contributed by atoms with van der Waals surface area (Å²) in [5.74, 6) is -0.465. The number of aliphatic imine (C=N–C) groups is 1. The fourth-order valence-corrected chi connectivity index (χ4v) is 6.24. The standard InChI is InChI=1S/C31H33N5O4.C12H11NO/c1-34-15-17-36(18-16-34)20-27(37)35(2)24-12-10-23(11-13-24)32-29(21-7-5-4-6-8-21)28-25-14-9-22(31(39)40-3)19-26(25)33-30(28)38;1-10-7-8-12(14)13(9-10)11-5-3-2-4-6-11/h4-14,19,33,38H,15-18,20H2,1-3H3;2-9H,1H3. The molecule has 1 amide bonds. The minimum atomic E-state index is -0.457. The zero-order valence-electron chi connectivity index (χ0n) is 30.9. The number of nitrogens with zero attached hydrogens (tertiary/aromatic N) is 5. The van der Waals surface area contributed by atoms with Crippen LogP contribution < -0.4 is 10.5 Å². The predicted molar refractivity (Wildman–Crippen MR) is 214 cm³/mol. The predicted octanol–water partition coefficient (Wildman–Crippen LogP) is 6.19. The SMILES string of the molecule is COC(=O)c1ccc2c(C(=Nc3ccc(N(C)C(=O)CN4CCN(C)CC4)cc3)c3ccccc3)c(O)[nH]c2c1.Cc1ccc(=O)n(-c2ccccc2)c1. The summed E-state index contributed by atoms with van der Waals surface area (Å²) in [4.78, 5) is 50.5. The molecule has 0 saturated carbocycles. The number of amides is 1. The highest BCUT2D eigenvalue weighted by atomic mass is 16.5. The van der Waals surface area contributed by atoms with E-state index in [9.17, 15) is 19.5 Å². The van der Waals surface area contributed by atoms with Crippen molar-refractivity contribution in [2.45, 2.75) is 6.92 Å². The average Bonchev–Trinajstić information content (AvgIpc) is 3.53. The number of fused-ring (bicyclic) bond motifs is 1. The van der Waals surface area contributed by atoms with Gasteiger partial charge in [-0.3, -0.25) is 19.1 Å². The Morgan fingerprint density at radius 1 is 0.852 bits per heavy atom.